The highest BCUT2D eigenvalue weighted by Crippen LogP contribution is 2.24. The van der Waals surface area contributed by atoms with E-state index in [2.05, 4.69) is 10.3 Å². The number of piperidine rings is 1. The highest BCUT2D eigenvalue weighted by atomic mass is 35.5. The van der Waals surface area contributed by atoms with Gasteiger partial charge in [0.2, 0.25) is 0 Å². The lowest BCUT2D eigenvalue weighted by molar-refractivity contribution is 0.105. The van der Waals surface area contributed by atoms with Crippen molar-refractivity contribution in [3.8, 4) is 5.75 Å². The Labute approximate surface area is 147 Å². The Kier molecular flexibility index (Phi) is 6.15. The third kappa shape index (κ3) is 4.74. The van der Waals surface area contributed by atoms with Crippen LogP contribution in [0.3, 0.4) is 0 Å². The van der Waals surface area contributed by atoms with Gasteiger partial charge >= 0.3 is 6.03 Å². The number of nitrogens with zero attached hydrogens (tertiary/aromatic N) is 2. The van der Waals surface area contributed by atoms with Crippen molar-refractivity contribution in [3.05, 3.63) is 23.5 Å². The Morgan fingerprint density at radius 2 is 2.25 bits per heavy atom. The van der Waals surface area contributed by atoms with E-state index >= 15 is 0 Å². The van der Waals surface area contributed by atoms with E-state index in [9.17, 15) is 4.79 Å². The maximum atomic E-state index is 12.2. The number of nitrogens with one attached hydrogen (secondary N) is 1. The first-order valence-electron chi connectivity index (χ1n) is 8.59. The number of ether oxygens (including phenoxy) is 2. The molecule has 3 heterocycles. The molecule has 2 aliphatic heterocycles. The van der Waals surface area contributed by atoms with E-state index in [-0.39, 0.29) is 12.1 Å². The summed E-state index contributed by atoms with van der Waals surface area (Å²) < 4.78 is 11.3. The highest BCUT2D eigenvalue weighted by molar-refractivity contribution is 6.31. The van der Waals surface area contributed by atoms with E-state index in [1.807, 2.05) is 4.90 Å². The van der Waals surface area contributed by atoms with E-state index in [1.54, 1.807) is 18.5 Å². The Hall–Kier alpha value is -1.53. The van der Waals surface area contributed by atoms with Gasteiger partial charge in [0.1, 0.15) is 10.8 Å². The van der Waals surface area contributed by atoms with Gasteiger partial charge in [0.05, 0.1) is 12.7 Å². The van der Waals surface area contributed by atoms with Crippen molar-refractivity contribution in [2.24, 2.45) is 5.92 Å². The first-order valence-corrected chi connectivity index (χ1v) is 8.97. The second kappa shape index (κ2) is 8.53. The van der Waals surface area contributed by atoms with E-state index in [1.165, 1.54) is 0 Å². The van der Waals surface area contributed by atoms with Crippen LogP contribution in [-0.4, -0.2) is 54.9 Å². The average molecular weight is 354 g/mol. The summed E-state index contributed by atoms with van der Waals surface area (Å²) in [5, 5.41) is 3.51. The molecule has 0 aromatic carbocycles. The molecule has 1 aromatic rings. The fraction of sp³-hybridized carbons (Fsp3) is 0.647. The van der Waals surface area contributed by atoms with Crippen molar-refractivity contribution in [1.29, 1.82) is 0 Å². The first kappa shape index (κ1) is 17.3. The lowest BCUT2D eigenvalue weighted by Gasteiger charge is -2.32. The van der Waals surface area contributed by atoms with Gasteiger partial charge in [0, 0.05) is 44.7 Å². The molecule has 0 bridgehead atoms. The van der Waals surface area contributed by atoms with Crippen molar-refractivity contribution in [2.45, 2.75) is 31.8 Å². The fourth-order valence-corrected chi connectivity index (χ4v) is 3.28. The van der Waals surface area contributed by atoms with Crippen LogP contribution >= 0.6 is 11.6 Å². The molecular weight excluding hydrogens is 330 g/mol. The predicted octanol–water partition coefficient (Wildman–Crippen LogP) is 2.71. The Morgan fingerprint density at radius 3 is 2.96 bits per heavy atom. The fourth-order valence-electron chi connectivity index (χ4n) is 3.11. The summed E-state index contributed by atoms with van der Waals surface area (Å²) in [4.78, 5) is 18.0. The minimum Gasteiger partial charge on any atom is -0.492 e. The second-order valence-electron chi connectivity index (χ2n) is 6.37. The van der Waals surface area contributed by atoms with Crippen molar-refractivity contribution in [3.63, 3.8) is 0 Å². The van der Waals surface area contributed by atoms with Crippen LogP contribution in [0, 0.1) is 5.92 Å². The summed E-state index contributed by atoms with van der Waals surface area (Å²) in [6.45, 7) is 3.57. The number of halogens is 1. The van der Waals surface area contributed by atoms with Gasteiger partial charge in [-0.1, -0.05) is 11.6 Å². The number of carbonyl (C=O) groups is 1. The Morgan fingerprint density at radius 1 is 1.42 bits per heavy atom. The van der Waals surface area contributed by atoms with Crippen molar-refractivity contribution >= 4 is 17.6 Å². The topological polar surface area (TPSA) is 63.7 Å². The molecule has 7 heteroatoms. The van der Waals surface area contributed by atoms with Gasteiger partial charge in [-0.3, -0.25) is 4.98 Å². The summed E-state index contributed by atoms with van der Waals surface area (Å²) >= 11 is 6.04. The molecule has 2 aliphatic rings. The quantitative estimate of drug-likeness (QED) is 0.884. The van der Waals surface area contributed by atoms with Crippen LogP contribution < -0.4 is 10.1 Å². The zero-order valence-electron chi connectivity index (χ0n) is 13.7. The standard InChI is InChI=1S/C17H24ClN3O3/c18-15-11-19-6-3-16(15)24-12-13-4-7-21(8-5-13)17(22)20-10-14-2-1-9-23-14/h3,6,11,13-14H,1-2,4-5,7-10,12H2,(H,20,22). The molecule has 0 aliphatic carbocycles. The van der Waals surface area contributed by atoms with Crippen molar-refractivity contribution in [2.75, 3.05) is 32.8 Å². The van der Waals surface area contributed by atoms with E-state index in [0.29, 0.717) is 29.8 Å². The minimum absolute atomic E-state index is 0.0158. The highest BCUT2D eigenvalue weighted by Gasteiger charge is 2.24. The van der Waals surface area contributed by atoms with Gasteiger partial charge in [0.25, 0.3) is 0 Å². The average Bonchev–Trinajstić information content (AvgIpc) is 3.13. The molecule has 0 spiro atoms. The smallest absolute Gasteiger partial charge is 0.317 e. The largest absolute Gasteiger partial charge is 0.492 e. The summed E-state index contributed by atoms with van der Waals surface area (Å²) in [6.07, 6.45) is 7.45. The third-order valence-corrected chi connectivity index (χ3v) is 4.90. The van der Waals surface area contributed by atoms with Crippen LogP contribution in [0.15, 0.2) is 18.5 Å². The first-order chi connectivity index (χ1) is 11.7. The number of likely N-dealkylation sites (tertiary alicyclic amines) is 1. The summed E-state index contributed by atoms with van der Waals surface area (Å²) in [5.41, 5.74) is 0. The molecule has 2 amide bonds. The zero-order valence-corrected chi connectivity index (χ0v) is 14.5. The molecular formula is C17H24ClN3O3. The Bertz CT molecular complexity index is 544. The molecule has 1 atom stereocenters. The molecule has 0 saturated carbocycles. The lowest BCUT2D eigenvalue weighted by Crippen LogP contribution is -2.46. The molecule has 2 fully saturated rings. The van der Waals surface area contributed by atoms with Crippen molar-refractivity contribution < 1.29 is 14.3 Å². The summed E-state index contributed by atoms with van der Waals surface area (Å²) in [5.74, 6) is 1.11. The van der Waals surface area contributed by atoms with Crippen LogP contribution in [0.1, 0.15) is 25.7 Å². The maximum absolute atomic E-state index is 12.2. The number of aromatic nitrogens is 1. The van der Waals surface area contributed by atoms with Crippen LogP contribution in [0.4, 0.5) is 4.79 Å². The van der Waals surface area contributed by atoms with Crippen molar-refractivity contribution in [1.82, 2.24) is 15.2 Å². The van der Waals surface area contributed by atoms with Crippen LogP contribution in [0.2, 0.25) is 5.02 Å². The number of rotatable bonds is 5. The van der Waals surface area contributed by atoms with Crippen LogP contribution in [0.5, 0.6) is 5.75 Å². The molecule has 24 heavy (non-hydrogen) atoms. The number of amides is 2. The van der Waals surface area contributed by atoms with Crippen LogP contribution in [-0.2, 0) is 4.74 Å². The molecule has 2 saturated heterocycles. The minimum atomic E-state index is 0.0158. The summed E-state index contributed by atoms with van der Waals surface area (Å²) in [6, 6.07) is 1.79. The number of carbonyl (C=O) groups excluding carboxylic acids is 1. The lowest BCUT2D eigenvalue weighted by atomic mass is 9.98. The molecule has 1 unspecified atom stereocenters. The van der Waals surface area contributed by atoms with Gasteiger partial charge in [-0.15, -0.1) is 0 Å². The molecule has 132 valence electrons. The molecule has 1 N–H and O–H groups in total. The zero-order chi connectivity index (χ0) is 16.8. The Balaban J connectivity index is 1.36. The normalized spacial score (nSPS) is 21.7. The maximum Gasteiger partial charge on any atom is 0.317 e. The molecule has 0 radical (unpaired) electrons. The molecule has 3 rings (SSSR count). The number of hydrogen-bond acceptors (Lipinski definition) is 4. The van der Waals surface area contributed by atoms with E-state index < -0.39 is 0 Å². The van der Waals surface area contributed by atoms with E-state index in [0.717, 1.165) is 45.4 Å². The number of urea groups is 1. The van der Waals surface area contributed by atoms with Gasteiger partial charge in [0.15, 0.2) is 0 Å². The monoisotopic (exact) mass is 353 g/mol. The van der Waals surface area contributed by atoms with E-state index in [4.69, 9.17) is 21.1 Å². The third-order valence-electron chi connectivity index (χ3n) is 4.62. The number of hydrogen-bond donors (Lipinski definition) is 1. The van der Waals surface area contributed by atoms with Gasteiger partial charge in [-0.2, -0.15) is 0 Å². The van der Waals surface area contributed by atoms with Crippen LogP contribution in [0.25, 0.3) is 0 Å². The van der Waals surface area contributed by atoms with Gasteiger partial charge in [-0.05, 0) is 31.6 Å². The number of pyridine rings is 1. The summed E-state index contributed by atoms with van der Waals surface area (Å²) in [7, 11) is 0. The molecule has 1 aromatic heterocycles. The van der Waals surface area contributed by atoms with Gasteiger partial charge < -0.3 is 19.7 Å². The SMILES string of the molecule is O=C(NCC1CCCO1)N1CCC(COc2ccncc2Cl)CC1. The molecule has 6 nitrogen and oxygen atoms in total. The predicted molar refractivity (Wildman–Crippen MR) is 91.4 cm³/mol. The van der Waals surface area contributed by atoms with Gasteiger partial charge in [-0.25, -0.2) is 4.79 Å². The second-order valence-corrected chi connectivity index (χ2v) is 6.78.